The minimum atomic E-state index is -0.684. The smallest absolute Gasteiger partial charge is 0.230 e. The lowest BCUT2D eigenvalue weighted by molar-refractivity contribution is -0.142. The van der Waals surface area contributed by atoms with Gasteiger partial charge in [0.15, 0.2) is 0 Å². The van der Waals surface area contributed by atoms with Crippen LogP contribution in [0.5, 0.6) is 0 Å². The van der Waals surface area contributed by atoms with Crippen molar-refractivity contribution in [3.8, 4) is 0 Å². The second kappa shape index (κ2) is 7.28. The van der Waals surface area contributed by atoms with Gasteiger partial charge in [-0.2, -0.15) is 0 Å². The molecule has 154 valence electrons. The second-order valence-electron chi connectivity index (χ2n) is 8.16. The van der Waals surface area contributed by atoms with Crippen molar-refractivity contribution in [2.45, 2.75) is 24.7 Å². The predicted octanol–water partition coefficient (Wildman–Crippen LogP) is 0.855. The Morgan fingerprint density at radius 1 is 1.27 bits per heavy atom. The van der Waals surface area contributed by atoms with Crippen molar-refractivity contribution < 1.29 is 14.3 Å². The van der Waals surface area contributed by atoms with Gasteiger partial charge in [0.05, 0.1) is 36.7 Å². The topological polar surface area (TPSA) is 88.5 Å². The van der Waals surface area contributed by atoms with Crippen LogP contribution in [0.25, 0.3) is 0 Å². The molecular weight excluding hydrogens is 382 g/mol. The number of likely N-dealkylation sites (tertiary alicyclic amines) is 1. The molecule has 2 amide bonds. The molecule has 2 fully saturated rings. The lowest BCUT2D eigenvalue weighted by Gasteiger charge is -2.27. The van der Waals surface area contributed by atoms with E-state index in [1.54, 1.807) is 36.6 Å². The van der Waals surface area contributed by atoms with Gasteiger partial charge < -0.3 is 14.5 Å². The average molecular weight is 405 g/mol. The Balaban J connectivity index is 1.31. The Bertz CT molecular complexity index is 983. The van der Waals surface area contributed by atoms with Crippen molar-refractivity contribution >= 4 is 11.8 Å². The van der Waals surface area contributed by atoms with Gasteiger partial charge in [-0.3, -0.25) is 14.6 Å². The number of rotatable bonds is 6. The van der Waals surface area contributed by atoms with E-state index < -0.39 is 17.4 Å². The van der Waals surface area contributed by atoms with E-state index in [0.717, 1.165) is 17.7 Å². The highest BCUT2D eigenvalue weighted by Gasteiger charge is 2.66. The molecule has 2 unspecified atom stereocenters. The second-order valence-corrected chi connectivity index (χ2v) is 8.16. The molecule has 0 saturated carbocycles. The molecule has 0 aliphatic carbocycles. The van der Waals surface area contributed by atoms with E-state index in [1.165, 1.54) is 6.33 Å². The third kappa shape index (κ3) is 3.08. The van der Waals surface area contributed by atoms with Crippen molar-refractivity contribution in [2.75, 3.05) is 20.1 Å². The van der Waals surface area contributed by atoms with Gasteiger partial charge >= 0.3 is 0 Å². The first-order valence-corrected chi connectivity index (χ1v) is 10.1. The van der Waals surface area contributed by atoms with Crippen molar-refractivity contribution in [1.29, 1.82) is 0 Å². The molecule has 2 aromatic heterocycles. The van der Waals surface area contributed by atoms with Crippen LogP contribution < -0.4 is 0 Å². The minimum absolute atomic E-state index is 0.00434. The molecule has 5 rings (SSSR count). The lowest BCUT2D eigenvalue weighted by Crippen LogP contribution is -2.44. The van der Waals surface area contributed by atoms with Gasteiger partial charge in [0.2, 0.25) is 11.8 Å². The van der Waals surface area contributed by atoms with Gasteiger partial charge in [-0.15, -0.1) is 0 Å². The van der Waals surface area contributed by atoms with Crippen LogP contribution >= 0.6 is 0 Å². The SMILES string of the molecule is CN(Cc1ccncn1)C(=O)C1C2C(=O)N(CCc3ccncc3)C[C@@]23C=C[C@@H]1O3. The summed E-state index contributed by atoms with van der Waals surface area (Å²) in [5.74, 6) is -1.05. The monoisotopic (exact) mass is 405 g/mol. The zero-order chi connectivity index (χ0) is 20.7. The van der Waals surface area contributed by atoms with Crippen molar-refractivity contribution in [3.63, 3.8) is 0 Å². The third-order valence-corrected chi connectivity index (χ3v) is 6.30. The van der Waals surface area contributed by atoms with E-state index in [2.05, 4.69) is 15.0 Å². The van der Waals surface area contributed by atoms with Gasteiger partial charge in [0.25, 0.3) is 0 Å². The molecule has 2 saturated heterocycles. The maximum absolute atomic E-state index is 13.3. The Labute approximate surface area is 174 Å². The van der Waals surface area contributed by atoms with Crippen LogP contribution in [-0.2, 0) is 27.3 Å². The molecular formula is C22H23N5O3. The molecule has 4 atom stereocenters. The summed E-state index contributed by atoms with van der Waals surface area (Å²) in [6.45, 7) is 1.46. The first kappa shape index (κ1) is 18.9. The number of carbonyl (C=O) groups excluding carboxylic acids is 2. The van der Waals surface area contributed by atoms with Crippen molar-refractivity contribution in [1.82, 2.24) is 24.8 Å². The largest absolute Gasteiger partial charge is 0.360 e. The number of hydrogen-bond acceptors (Lipinski definition) is 6. The maximum atomic E-state index is 13.3. The Morgan fingerprint density at radius 2 is 2.07 bits per heavy atom. The zero-order valence-electron chi connectivity index (χ0n) is 16.7. The van der Waals surface area contributed by atoms with Crippen LogP contribution in [0, 0.1) is 11.8 Å². The highest BCUT2D eigenvalue weighted by atomic mass is 16.5. The van der Waals surface area contributed by atoms with E-state index in [1.807, 2.05) is 29.2 Å². The van der Waals surface area contributed by atoms with E-state index in [4.69, 9.17) is 4.74 Å². The molecule has 0 N–H and O–H groups in total. The first-order valence-electron chi connectivity index (χ1n) is 10.1. The van der Waals surface area contributed by atoms with E-state index in [-0.39, 0.29) is 17.9 Å². The molecule has 2 bridgehead atoms. The summed E-state index contributed by atoms with van der Waals surface area (Å²) in [6.07, 6.45) is 11.0. The predicted molar refractivity (Wildman–Crippen MR) is 107 cm³/mol. The van der Waals surface area contributed by atoms with E-state index in [0.29, 0.717) is 19.6 Å². The van der Waals surface area contributed by atoms with Gasteiger partial charge in [0, 0.05) is 32.2 Å². The summed E-state index contributed by atoms with van der Waals surface area (Å²) in [6, 6.07) is 5.69. The number of amides is 2. The summed E-state index contributed by atoms with van der Waals surface area (Å²) >= 11 is 0. The normalized spacial score (nSPS) is 28.8. The van der Waals surface area contributed by atoms with Crippen LogP contribution in [-0.4, -0.2) is 68.4 Å². The molecule has 5 heterocycles. The Kier molecular flexibility index (Phi) is 4.58. The molecule has 1 spiro atoms. The Hall–Kier alpha value is -3.13. The number of hydrogen-bond donors (Lipinski definition) is 0. The van der Waals surface area contributed by atoms with Crippen LogP contribution in [0.4, 0.5) is 0 Å². The number of ether oxygens (including phenoxy) is 1. The lowest BCUT2D eigenvalue weighted by atomic mass is 9.76. The Morgan fingerprint density at radius 3 is 2.83 bits per heavy atom. The van der Waals surface area contributed by atoms with Gasteiger partial charge in [-0.1, -0.05) is 12.2 Å². The summed E-state index contributed by atoms with van der Waals surface area (Å²) < 4.78 is 6.21. The maximum Gasteiger partial charge on any atom is 0.230 e. The van der Waals surface area contributed by atoms with Crippen molar-refractivity contribution in [2.24, 2.45) is 11.8 Å². The summed E-state index contributed by atoms with van der Waals surface area (Å²) in [5.41, 5.74) is 1.20. The molecule has 3 aliphatic rings. The number of fused-ring (bicyclic) bond motifs is 1. The molecule has 0 radical (unpaired) electrons. The minimum Gasteiger partial charge on any atom is -0.360 e. The van der Waals surface area contributed by atoms with Crippen LogP contribution in [0.15, 0.2) is 55.3 Å². The molecule has 2 aromatic rings. The highest BCUT2D eigenvalue weighted by Crippen LogP contribution is 2.52. The average Bonchev–Trinajstić information content (AvgIpc) is 3.41. The van der Waals surface area contributed by atoms with Crippen LogP contribution in [0.2, 0.25) is 0 Å². The van der Waals surface area contributed by atoms with Crippen molar-refractivity contribution in [3.05, 3.63) is 66.5 Å². The van der Waals surface area contributed by atoms with Gasteiger partial charge in [-0.25, -0.2) is 9.97 Å². The molecule has 3 aliphatic heterocycles. The fourth-order valence-corrected chi connectivity index (χ4v) is 4.85. The number of aromatic nitrogens is 3. The van der Waals surface area contributed by atoms with Gasteiger partial charge in [-0.05, 0) is 30.2 Å². The third-order valence-electron chi connectivity index (χ3n) is 6.30. The molecule has 0 aromatic carbocycles. The van der Waals surface area contributed by atoms with Crippen LogP contribution in [0.3, 0.4) is 0 Å². The fourth-order valence-electron chi connectivity index (χ4n) is 4.85. The first-order chi connectivity index (χ1) is 14.6. The molecule has 30 heavy (non-hydrogen) atoms. The standard InChI is InChI=1S/C22H23N5O3/c1-26(12-16-5-10-24-14-25-16)20(28)18-17-2-7-22(30-17)13-27(21(29)19(18)22)11-6-15-3-8-23-9-4-15/h2-5,7-10,14,17-19H,6,11-13H2,1H3/t17-,18?,19?,22-/m0/s1. The summed E-state index contributed by atoms with van der Waals surface area (Å²) in [5, 5.41) is 0. The van der Waals surface area contributed by atoms with E-state index >= 15 is 0 Å². The summed E-state index contributed by atoms with van der Waals surface area (Å²) in [4.78, 5) is 42.2. The number of carbonyl (C=O) groups is 2. The quantitative estimate of drug-likeness (QED) is 0.663. The number of nitrogens with zero attached hydrogens (tertiary/aromatic N) is 5. The highest BCUT2D eigenvalue weighted by molar-refractivity contribution is 5.93. The van der Waals surface area contributed by atoms with Crippen LogP contribution in [0.1, 0.15) is 11.3 Å². The molecule has 8 nitrogen and oxygen atoms in total. The summed E-state index contributed by atoms with van der Waals surface area (Å²) in [7, 11) is 1.74. The zero-order valence-corrected chi connectivity index (χ0v) is 16.7. The fraction of sp³-hybridized carbons (Fsp3) is 0.409. The number of pyridine rings is 1. The van der Waals surface area contributed by atoms with E-state index in [9.17, 15) is 9.59 Å². The molecule has 8 heteroatoms. The van der Waals surface area contributed by atoms with Gasteiger partial charge in [0.1, 0.15) is 11.9 Å².